The van der Waals surface area contributed by atoms with Gasteiger partial charge >= 0.3 is 6.18 Å². The molecule has 0 spiro atoms. The minimum Gasteiger partial charge on any atom is -0.458 e. The highest BCUT2D eigenvalue weighted by Crippen LogP contribution is 2.34. The molecule has 1 unspecified atom stereocenters. The van der Waals surface area contributed by atoms with Gasteiger partial charge in [-0.25, -0.2) is 8.42 Å². The largest absolute Gasteiger partial charge is 0.458 e. The fourth-order valence-electron chi connectivity index (χ4n) is 2.34. The number of furan rings is 1. The highest BCUT2D eigenvalue weighted by Gasteiger charge is 2.37. The van der Waals surface area contributed by atoms with Gasteiger partial charge < -0.3 is 14.3 Å². The number of aromatic nitrogens is 1. The zero-order chi connectivity index (χ0) is 18.4. The standard InChI is InChI=1S/C13H12F3N3O5S/c1-6-10(25(21,22)19-7-2-3-17-12(7)20)5-9(23-6)8-4-11(24-18-8)13(14,15)16/h4-5,7,19H,2-3H2,1H3,(H,17,20). The van der Waals surface area contributed by atoms with E-state index in [0.717, 1.165) is 6.07 Å². The average molecular weight is 379 g/mol. The zero-order valence-corrected chi connectivity index (χ0v) is 13.5. The first-order chi connectivity index (χ1) is 11.6. The zero-order valence-electron chi connectivity index (χ0n) is 12.7. The average Bonchev–Trinajstić information content (AvgIpc) is 3.18. The number of amides is 1. The highest BCUT2D eigenvalue weighted by molar-refractivity contribution is 7.89. The number of nitrogens with one attached hydrogen (secondary N) is 2. The molecule has 0 aliphatic carbocycles. The quantitative estimate of drug-likeness (QED) is 0.831. The molecular weight excluding hydrogens is 367 g/mol. The number of rotatable bonds is 4. The topological polar surface area (TPSA) is 114 Å². The van der Waals surface area contributed by atoms with Gasteiger partial charge in [0.1, 0.15) is 22.4 Å². The maximum atomic E-state index is 12.5. The SMILES string of the molecule is Cc1oc(-c2cc(C(F)(F)F)on2)cc1S(=O)(=O)NC1CCNC1=O. The van der Waals surface area contributed by atoms with Crippen LogP contribution < -0.4 is 10.0 Å². The van der Waals surface area contributed by atoms with Gasteiger partial charge in [0.25, 0.3) is 0 Å². The van der Waals surface area contributed by atoms with Crippen molar-refractivity contribution in [2.45, 2.75) is 30.5 Å². The van der Waals surface area contributed by atoms with E-state index in [1.807, 2.05) is 0 Å². The van der Waals surface area contributed by atoms with E-state index in [1.54, 1.807) is 0 Å². The van der Waals surface area contributed by atoms with E-state index in [1.165, 1.54) is 6.92 Å². The third kappa shape index (κ3) is 3.39. The Hall–Kier alpha value is -2.34. The summed E-state index contributed by atoms with van der Waals surface area (Å²) in [5.41, 5.74) is -0.296. The Morgan fingerprint density at radius 3 is 2.64 bits per heavy atom. The lowest BCUT2D eigenvalue weighted by atomic mass is 10.3. The van der Waals surface area contributed by atoms with Gasteiger partial charge in [0.2, 0.25) is 21.7 Å². The van der Waals surface area contributed by atoms with Crippen LogP contribution in [0, 0.1) is 6.92 Å². The minimum atomic E-state index is -4.72. The molecule has 2 aromatic rings. The number of carbonyl (C=O) groups excluding carboxylic acids is 1. The number of hydrogen-bond acceptors (Lipinski definition) is 6. The summed E-state index contributed by atoms with van der Waals surface area (Å²) in [4.78, 5) is 11.2. The second-order valence-electron chi connectivity index (χ2n) is 5.36. The summed E-state index contributed by atoms with van der Waals surface area (Å²) in [6.07, 6.45) is -4.43. The van der Waals surface area contributed by atoms with Crippen LogP contribution in [0.4, 0.5) is 13.2 Å². The lowest BCUT2D eigenvalue weighted by Crippen LogP contribution is -2.40. The van der Waals surface area contributed by atoms with Gasteiger partial charge in [0.15, 0.2) is 5.76 Å². The lowest BCUT2D eigenvalue weighted by Gasteiger charge is -2.09. The normalized spacial score (nSPS) is 18.6. The van der Waals surface area contributed by atoms with Crippen molar-refractivity contribution < 1.29 is 35.3 Å². The van der Waals surface area contributed by atoms with Crippen molar-refractivity contribution in [3.63, 3.8) is 0 Å². The van der Waals surface area contributed by atoms with E-state index in [-0.39, 0.29) is 22.1 Å². The Bertz CT molecular complexity index is 916. The van der Waals surface area contributed by atoms with Gasteiger partial charge in [-0.2, -0.15) is 17.9 Å². The van der Waals surface area contributed by atoms with Crippen molar-refractivity contribution >= 4 is 15.9 Å². The molecule has 1 amide bonds. The van der Waals surface area contributed by atoms with Crippen LogP contribution >= 0.6 is 0 Å². The van der Waals surface area contributed by atoms with Crippen molar-refractivity contribution in [2.75, 3.05) is 6.54 Å². The molecule has 0 saturated carbocycles. The fraction of sp³-hybridized carbons (Fsp3) is 0.385. The predicted molar refractivity (Wildman–Crippen MR) is 75.7 cm³/mol. The van der Waals surface area contributed by atoms with E-state index in [4.69, 9.17) is 4.42 Å². The van der Waals surface area contributed by atoms with Gasteiger partial charge in [-0.1, -0.05) is 5.16 Å². The Balaban J connectivity index is 1.89. The van der Waals surface area contributed by atoms with E-state index < -0.39 is 33.9 Å². The molecule has 8 nitrogen and oxygen atoms in total. The van der Waals surface area contributed by atoms with E-state index in [2.05, 4.69) is 19.7 Å². The van der Waals surface area contributed by atoms with Gasteiger partial charge in [-0.15, -0.1) is 0 Å². The molecule has 12 heteroatoms. The third-order valence-electron chi connectivity index (χ3n) is 3.55. The predicted octanol–water partition coefficient (Wildman–Crippen LogP) is 1.43. The number of aryl methyl sites for hydroxylation is 1. The first kappa shape index (κ1) is 17.5. The second-order valence-corrected chi connectivity index (χ2v) is 7.04. The molecule has 1 saturated heterocycles. The molecule has 3 heterocycles. The van der Waals surface area contributed by atoms with Crippen LogP contribution in [0.5, 0.6) is 0 Å². The molecule has 136 valence electrons. The summed E-state index contributed by atoms with van der Waals surface area (Å²) in [5, 5.41) is 5.72. The van der Waals surface area contributed by atoms with Crippen molar-refractivity contribution in [3.8, 4) is 11.5 Å². The summed E-state index contributed by atoms with van der Waals surface area (Å²) in [7, 11) is -4.10. The number of alkyl halides is 3. The first-order valence-corrected chi connectivity index (χ1v) is 8.51. The van der Waals surface area contributed by atoms with Gasteiger partial charge in [-0.05, 0) is 13.3 Å². The summed E-state index contributed by atoms with van der Waals surface area (Å²) >= 11 is 0. The molecule has 0 aromatic carbocycles. The molecule has 2 aromatic heterocycles. The Labute approximate surface area is 139 Å². The maximum Gasteiger partial charge on any atom is 0.452 e. The van der Waals surface area contributed by atoms with Crippen LogP contribution in [0.2, 0.25) is 0 Å². The number of halogens is 3. The molecular formula is C13H12F3N3O5S. The van der Waals surface area contributed by atoms with Crippen LogP contribution in [0.15, 0.2) is 26.0 Å². The molecule has 0 radical (unpaired) electrons. The molecule has 0 bridgehead atoms. The first-order valence-electron chi connectivity index (χ1n) is 7.03. The van der Waals surface area contributed by atoms with Gasteiger partial charge in [0, 0.05) is 18.7 Å². The van der Waals surface area contributed by atoms with E-state index in [0.29, 0.717) is 19.0 Å². The number of hydrogen-bond donors (Lipinski definition) is 2. The van der Waals surface area contributed by atoms with E-state index >= 15 is 0 Å². The number of sulfonamides is 1. The van der Waals surface area contributed by atoms with Crippen LogP contribution in [-0.2, 0) is 21.0 Å². The van der Waals surface area contributed by atoms with Crippen molar-refractivity contribution in [1.82, 2.24) is 15.2 Å². The molecule has 25 heavy (non-hydrogen) atoms. The van der Waals surface area contributed by atoms with Crippen molar-refractivity contribution in [3.05, 3.63) is 23.7 Å². The Morgan fingerprint density at radius 2 is 2.08 bits per heavy atom. The summed E-state index contributed by atoms with van der Waals surface area (Å²) in [6, 6.07) is 0.723. The second kappa shape index (κ2) is 5.88. The van der Waals surface area contributed by atoms with Gasteiger partial charge in [0.05, 0.1) is 0 Å². The van der Waals surface area contributed by atoms with E-state index in [9.17, 15) is 26.4 Å². The Morgan fingerprint density at radius 1 is 1.36 bits per heavy atom. The summed E-state index contributed by atoms with van der Waals surface area (Å²) < 4.78 is 74.0. The molecule has 1 aliphatic heterocycles. The Kier molecular flexibility index (Phi) is 4.11. The molecule has 1 aliphatic rings. The number of nitrogens with zero attached hydrogens (tertiary/aromatic N) is 1. The van der Waals surface area contributed by atoms with Crippen LogP contribution in [0.1, 0.15) is 17.9 Å². The lowest BCUT2D eigenvalue weighted by molar-refractivity contribution is -0.155. The van der Waals surface area contributed by atoms with Gasteiger partial charge in [-0.3, -0.25) is 4.79 Å². The summed E-state index contributed by atoms with van der Waals surface area (Å²) in [6.45, 7) is 1.68. The molecule has 1 fully saturated rings. The summed E-state index contributed by atoms with van der Waals surface area (Å²) in [5.74, 6) is -2.04. The minimum absolute atomic E-state index is 0.0579. The molecule has 3 rings (SSSR count). The van der Waals surface area contributed by atoms with Crippen LogP contribution in [-0.4, -0.2) is 32.1 Å². The molecule has 1 atom stereocenters. The fourth-order valence-corrected chi connectivity index (χ4v) is 3.75. The maximum absolute atomic E-state index is 12.5. The highest BCUT2D eigenvalue weighted by atomic mass is 32.2. The third-order valence-corrected chi connectivity index (χ3v) is 5.13. The number of carbonyl (C=O) groups is 1. The van der Waals surface area contributed by atoms with Crippen LogP contribution in [0.25, 0.3) is 11.5 Å². The van der Waals surface area contributed by atoms with Crippen LogP contribution in [0.3, 0.4) is 0 Å². The van der Waals surface area contributed by atoms with Crippen molar-refractivity contribution in [1.29, 1.82) is 0 Å². The monoisotopic (exact) mass is 379 g/mol. The molecule has 2 N–H and O–H groups in total. The van der Waals surface area contributed by atoms with Crippen molar-refractivity contribution in [2.24, 2.45) is 0 Å². The smallest absolute Gasteiger partial charge is 0.452 e.